The summed E-state index contributed by atoms with van der Waals surface area (Å²) in [7, 11) is 0. The van der Waals surface area contributed by atoms with Crippen LogP contribution in [0.4, 0.5) is 4.39 Å². The summed E-state index contributed by atoms with van der Waals surface area (Å²) in [5, 5.41) is 4.66. The van der Waals surface area contributed by atoms with E-state index in [0.717, 1.165) is 63.1 Å². The summed E-state index contributed by atoms with van der Waals surface area (Å²) in [6, 6.07) is 9.02. The van der Waals surface area contributed by atoms with E-state index < -0.39 is 0 Å². The van der Waals surface area contributed by atoms with Crippen LogP contribution in [-0.4, -0.2) is 37.0 Å². The summed E-state index contributed by atoms with van der Waals surface area (Å²) < 4.78 is 25.4. The topological polar surface area (TPSA) is 43.4 Å². The van der Waals surface area contributed by atoms with Crippen LogP contribution < -0.4 is 5.32 Å². The second-order valence-corrected chi connectivity index (χ2v) is 9.14. The molecule has 1 N–H and O–H groups in total. The molecule has 1 aromatic carbocycles. The molecule has 0 aliphatic carbocycles. The normalized spacial score (nSPS) is 23.6. The molecule has 0 radical (unpaired) electrons. The quantitative estimate of drug-likeness (QED) is 0.603. The molecule has 0 amide bonds. The maximum atomic E-state index is 13.6. The molecule has 0 saturated carbocycles. The van der Waals surface area contributed by atoms with E-state index in [4.69, 9.17) is 32.7 Å². The fraction of sp³-hybridized carbons (Fsp3) is 0.522. The summed E-state index contributed by atoms with van der Waals surface area (Å²) in [5.41, 5.74) is 1.59. The summed E-state index contributed by atoms with van der Waals surface area (Å²) in [4.78, 5) is 4.49. The molecular weight excluding hydrogens is 426 g/mol. The van der Waals surface area contributed by atoms with Gasteiger partial charge in [0.1, 0.15) is 5.82 Å². The van der Waals surface area contributed by atoms with Crippen LogP contribution in [0, 0.1) is 5.82 Å². The van der Waals surface area contributed by atoms with Gasteiger partial charge in [-0.15, -0.1) is 0 Å². The van der Waals surface area contributed by atoms with Crippen LogP contribution >= 0.6 is 23.2 Å². The third-order valence-corrected chi connectivity index (χ3v) is 7.31. The van der Waals surface area contributed by atoms with Gasteiger partial charge in [0, 0.05) is 37.5 Å². The van der Waals surface area contributed by atoms with Gasteiger partial charge in [-0.3, -0.25) is 4.98 Å². The smallest absolute Gasteiger partial charge is 0.141 e. The molecule has 2 saturated heterocycles. The predicted octanol–water partition coefficient (Wildman–Crippen LogP) is 5.30. The molecule has 0 unspecified atom stereocenters. The molecule has 30 heavy (non-hydrogen) atoms. The van der Waals surface area contributed by atoms with E-state index in [1.165, 1.54) is 12.3 Å². The molecule has 4 nitrogen and oxygen atoms in total. The molecule has 1 aromatic heterocycles. The number of benzene rings is 1. The van der Waals surface area contributed by atoms with Crippen LogP contribution in [0.3, 0.4) is 0 Å². The van der Waals surface area contributed by atoms with E-state index in [-0.39, 0.29) is 16.8 Å². The number of rotatable bonds is 6. The van der Waals surface area contributed by atoms with Crippen molar-refractivity contribution in [1.29, 1.82) is 0 Å². The molecule has 3 heterocycles. The lowest BCUT2D eigenvalue weighted by Gasteiger charge is -2.49. The summed E-state index contributed by atoms with van der Waals surface area (Å²) in [5.74, 6) is -0.310. The first-order valence-electron chi connectivity index (χ1n) is 10.5. The van der Waals surface area contributed by atoms with E-state index in [1.807, 2.05) is 18.2 Å². The SMILES string of the molecule is Fc1ccc([C@]2(CCNCc3cccc(Cl)c3Cl)CCOC3(CCOCC3)C2)nc1. The predicted molar refractivity (Wildman–Crippen MR) is 117 cm³/mol. The minimum atomic E-state index is -0.310. The van der Waals surface area contributed by atoms with Crippen LogP contribution in [0.15, 0.2) is 36.5 Å². The minimum absolute atomic E-state index is 0.158. The number of nitrogens with zero attached hydrogens (tertiary/aromatic N) is 1. The molecule has 1 atom stereocenters. The maximum Gasteiger partial charge on any atom is 0.141 e. The Morgan fingerprint density at radius 3 is 2.67 bits per heavy atom. The molecule has 2 aliphatic rings. The van der Waals surface area contributed by atoms with Crippen molar-refractivity contribution in [1.82, 2.24) is 10.3 Å². The number of aromatic nitrogens is 1. The van der Waals surface area contributed by atoms with Crippen molar-refractivity contribution < 1.29 is 13.9 Å². The van der Waals surface area contributed by atoms with Gasteiger partial charge in [0.05, 0.1) is 21.8 Å². The van der Waals surface area contributed by atoms with Crippen molar-refractivity contribution in [3.63, 3.8) is 0 Å². The summed E-state index contributed by atoms with van der Waals surface area (Å²) >= 11 is 12.4. The summed E-state index contributed by atoms with van der Waals surface area (Å²) in [6.07, 6.45) is 5.73. The Bertz CT molecular complexity index is 853. The van der Waals surface area contributed by atoms with E-state index in [0.29, 0.717) is 23.2 Å². The molecule has 0 bridgehead atoms. The minimum Gasteiger partial charge on any atom is -0.381 e. The van der Waals surface area contributed by atoms with Crippen LogP contribution in [0.25, 0.3) is 0 Å². The van der Waals surface area contributed by atoms with Crippen LogP contribution in [-0.2, 0) is 21.4 Å². The Hall–Kier alpha value is -1.24. The second kappa shape index (κ2) is 9.49. The molecule has 2 aromatic rings. The zero-order valence-corrected chi connectivity index (χ0v) is 18.4. The summed E-state index contributed by atoms with van der Waals surface area (Å²) in [6.45, 7) is 3.55. The molecule has 1 spiro atoms. The largest absolute Gasteiger partial charge is 0.381 e. The van der Waals surface area contributed by atoms with Gasteiger partial charge in [0.15, 0.2) is 0 Å². The molecule has 162 valence electrons. The number of halogens is 3. The first kappa shape index (κ1) is 22.0. The zero-order valence-electron chi connectivity index (χ0n) is 16.9. The van der Waals surface area contributed by atoms with Gasteiger partial charge in [0.25, 0.3) is 0 Å². The van der Waals surface area contributed by atoms with Gasteiger partial charge in [-0.05, 0) is 62.4 Å². The van der Waals surface area contributed by atoms with Crippen LogP contribution in [0.2, 0.25) is 10.0 Å². The highest BCUT2D eigenvalue weighted by Gasteiger charge is 2.47. The Kier molecular flexibility index (Phi) is 6.95. The molecule has 2 aliphatic heterocycles. The zero-order chi connectivity index (χ0) is 21.0. The molecule has 4 rings (SSSR count). The monoisotopic (exact) mass is 452 g/mol. The Labute approximate surface area is 187 Å². The number of pyridine rings is 1. The van der Waals surface area contributed by atoms with Crippen LogP contribution in [0.5, 0.6) is 0 Å². The standard InChI is InChI=1S/C23H27Cl2FN2O2/c24-19-3-1-2-17(21(19)25)14-27-10-6-22(20-5-4-18(26)15-28-20)7-13-30-23(16-22)8-11-29-12-9-23/h1-5,15,27H,6-14,16H2/t22-/m1/s1. The van der Waals surface area contributed by atoms with Crippen molar-refractivity contribution in [3.05, 3.63) is 63.6 Å². The highest BCUT2D eigenvalue weighted by molar-refractivity contribution is 6.42. The molecule has 2 fully saturated rings. The van der Waals surface area contributed by atoms with Crippen molar-refractivity contribution in [3.8, 4) is 0 Å². The van der Waals surface area contributed by atoms with E-state index >= 15 is 0 Å². The average Bonchev–Trinajstić information content (AvgIpc) is 2.75. The highest BCUT2D eigenvalue weighted by atomic mass is 35.5. The van der Waals surface area contributed by atoms with Crippen molar-refractivity contribution in [2.24, 2.45) is 0 Å². The third kappa shape index (κ3) is 4.81. The lowest BCUT2D eigenvalue weighted by Crippen LogP contribution is -2.51. The second-order valence-electron chi connectivity index (χ2n) is 8.35. The van der Waals surface area contributed by atoms with Gasteiger partial charge in [-0.25, -0.2) is 4.39 Å². The number of hydrogen-bond donors (Lipinski definition) is 1. The first-order valence-corrected chi connectivity index (χ1v) is 11.3. The van der Waals surface area contributed by atoms with Crippen molar-refractivity contribution in [2.75, 3.05) is 26.4 Å². The Morgan fingerprint density at radius 2 is 1.90 bits per heavy atom. The van der Waals surface area contributed by atoms with Gasteiger partial charge < -0.3 is 14.8 Å². The molecular formula is C23H27Cl2FN2O2. The van der Waals surface area contributed by atoms with Crippen LogP contribution in [0.1, 0.15) is 43.4 Å². The van der Waals surface area contributed by atoms with E-state index in [9.17, 15) is 4.39 Å². The Balaban J connectivity index is 1.49. The van der Waals surface area contributed by atoms with Crippen molar-refractivity contribution >= 4 is 23.2 Å². The number of nitrogens with one attached hydrogen (secondary N) is 1. The Morgan fingerprint density at radius 1 is 1.07 bits per heavy atom. The van der Waals surface area contributed by atoms with Gasteiger partial charge in [-0.1, -0.05) is 35.3 Å². The lowest BCUT2D eigenvalue weighted by atomic mass is 9.66. The van der Waals surface area contributed by atoms with E-state index in [1.54, 1.807) is 6.07 Å². The lowest BCUT2D eigenvalue weighted by molar-refractivity contribution is -0.154. The first-order chi connectivity index (χ1) is 14.5. The van der Waals surface area contributed by atoms with Gasteiger partial charge in [0.2, 0.25) is 0 Å². The molecule has 7 heteroatoms. The third-order valence-electron chi connectivity index (χ3n) is 6.45. The fourth-order valence-corrected chi connectivity index (χ4v) is 5.16. The van der Waals surface area contributed by atoms with Gasteiger partial charge in [-0.2, -0.15) is 0 Å². The van der Waals surface area contributed by atoms with Gasteiger partial charge >= 0.3 is 0 Å². The van der Waals surface area contributed by atoms with Crippen molar-refractivity contribution in [2.45, 2.75) is 49.7 Å². The fourth-order valence-electron chi connectivity index (χ4n) is 4.77. The number of ether oxygens (including phenoxy) is 2. The van der Waals surface area contributed by atoms with E-state index in [2.05, 4.69) is 10.3 Å². The highest BCUT2D eigenvalue weighted by Crippen LogP contribution is 2.47. The maximum absolute atomic E-state index is 13.6. The average molecular weight is 453 g/mol. The number of hydrogen-bond acceptors (Lipinski definition) is 4.